The molecule has 3 aliphatic rings. The molecule has 3 nitrogen and oxygen atoms in total. The first-order chi connectivity index (χ1) is 31.3. The largest absolute Gasteiger partial charge is 0.310 e. The van der Waals surface area contributed by atoms with Gasteiger partial charge in [0.2, 0.25) is 9.84 Å². The Labute approximate surface area is 380 Å². The summed E-state index contributed by atoms with van der Waals surface area (Å²) in [6.45, 7) is 4.81. The number of anilines is 3. The molecule has 0 N–H and O–H groups in total. The number of hydrogen-bond donors (Lipinski definition) is 0. The molecule has 0 unspecified atom stereocenters. The van der Waals surface area contributed by atoms with E-state index in [-0.39, 0.29) is 5.41 Å². The Morgan fingerprint density at radius 3 is 1.81 bits per heavy atom. The minimum absolute atomic E-state index is 0.345. The second-order valence-electron chi connectivity index (χ2n) is 18.7. The zero-order chi connectivity index (χ0) is 43.2. The normalized spacial score (nSPS) is 22.0. The van der Waals surface area contributed by atoms with E-state index in [0.717, 1.165) is 70.6 Å². The molecule has 64 heavy (non-hydrogen) atoms. The Hall–Kier alpha value is -6.27. The van der Waals surface area contributed by atoms with Gasteiger partial charge in [-0.2, -0.15) is 0 Å². The lowest BCUT2D eigenvalue weighted by atomic mass is 9.46. The van der Waals surface area contributed by atoms with E-state index in [9.17, 15) is 8.42 Å². The fourth-order valence-electron chi connectivity index (χ4n) is 12.5. The van der Waals surface area contributed by atoms with Gasteiger partial charge in [-0.15, -0.1) is 11.3 Å². The summed E-state index contributed by atoms with van der Waals surface area (Å²) in [4.78, 5) is 3.34. The molecule has 2 fully saturated rings. The smallest absolute Gasteiger partial charge is 0.207 e. The van der Waals surface area contributed by atoms with Gasteiger partial charge in [0.1, 0.15) is 0 Å². The highest BCUT2D eigenvalue weighted by molar-refractivity contribution is 7.91. The van der Waals surface area contributed by atoms with Gasteiger partial charge >= 0.3 is 0 Å². The van der Waals surface area contributed by atoms with Crippen LogP contribution >= 0.6 is 11.3 Å². The second kappa shape index (κ2) is 15.2. The van der Waals surface area contributed by atoms with Crippen LogP contribution < -0.4 is 4.90 Å². The van der Waals surface area contributed by atoms with Crippen LogP contribution in [0.2, 0.25) is 0 Å². The zero-order valence-electron chi connectivity index (χ0n) is 36.1. The van der Waals surface area contributed by atoms with Gasteiger partial charge in [0, 0.05) is 42.5 Å². The predicted octanol–water partition coefficient (Wildman–Crippen LogP) is 16.0. The molecule has 1 spiro atoms. The molecule has 314 valence electrons. The first-order valence-electron chi connectivity index (χ1n) is 22.8. The lowest BCUT2D eigenvalue weighted by Gasteiger charge is -2.59. The molecular formula is C59H49NO2S2. The third-order valence-corrected chi connectivity index (χ3v) is 17.9. The molecule has 2 bridgehead atoms. The van der Waals surface area contributed by atoms with Gasteiger partial charge in [-0.05, 0) is 143 Å². The van der Waals surface area contributed by atoms with Crippen LogP contribution in [0.5, 0.6) is 0 Å². The molecule has 1 aliphatic heterocycles. The Morgan fingerprint density at radius 2 is 1.05 bits per heavy atom. The molecule has 5 heteroatoms. The minimum atomic E-state index is -3.76. The lowest BCUT2D eigenvalue weighted by Crippen LogP contribution is -2.54. The molecule has 2 heterocycles. The maximum absolute atomic E-state index is 14.8. The van der Waals surface area contributed by atoms with Crippen molar-refractivity contribution >= 4 is 58.4 Å². The van der Waals surface area contributed by atoms with Crippen molar-refractivity contribution in [3.63, 3.8) is 0 Å². The highest BCUT2D eigenvalue weighted by Crippen LogP contribution is 2.64. The third-order valence-electron chi connectivity index (χ3n) is 14.9. The fraction of sp³-hybridized carbons (Fsp3) is 0.186. The van der Waals surface area contributed by atoms with E-state index >= 15 is 0 Å². The molecule has 2 saturated carbocycles. The van der Waals surface area contributed by atoms with Crippen LogP contribution in [0.1, 0.15) is 50.7 Å². The van der Waals surface area contributed by atoms with Crippen LogP contribution in [0.3, 0.4) is 0 Å². The molecule has 2 aliphatic carbocycles. The number of para-hydroxylation sites is 1. The Kier molecular flexibility index (Phi) is 9.33. The molecular weight excluding hydrogens is 819 g/mol. The first kappa shape index (κ1) is 39.3. The molecule has 12 rings (SSSR count). The molecule has 9 aromatic rings. The van der Waals surface area contributed by atoms with Crippen LogP contribution in [0, 0.1) is 23.7 Å². The number of thiophene rings is 1. The van der Waals surface area contributed by atoms with E-state index in [0.29, 0.717) is 33.5 Å². The second-order valence-corrected chi connectivity index (χ2v) is 21.7. The molecule has 0 amide bonds. The van der Waals surface area contributed by atoms with Crippen molar-refractivity contribution in [1.29, 1.82) is 0 Å². The van der Waals surface area contributed by atoms with Crippen LogP contribution in [0.4, 0.5) is 17.1 Å². The quantitative estimate of drug-likeness (QED) is 0.167. The van der Waals surface area contributed by atoms with Crippen LogP contribution in [-0.2, 0) is 15.3 Å². The number of hydrogen-bond acceptors (Lipinski definition) is 4. The van der Waals surface area contributed by atoms with Crippen molar-refractivity contribution in [2.45, 2.75) is 54.7 Å². The van der Waals surface area contributed by atoms with Gasteiger partial charge in [-0.1, -0.05) is 147 Å². The number of benzene rings is 8. The van der Waals surface area contributed by atoms with Crippen LogP contribution in [-0.4, -0.2) is 8.42 Å². The predicted molar refractivity (Wildman–Crippen MR) is 267 cm³/mol. The summed E-state index contributed by atoms with van der Waals surface area (Å²) >= 11 is 1.85. The van der Waals surface area contributed by atoms with Gasteiger partial charge < -0.3 is 4.90 Å². The minimum Gasteiger partial charge on any atom is -0.310 e. The standard InChI is InChI=1S/C59H49NO2S2/c1-38-33-42-35-39(2)36-43(34-38)59(42)51-22-10-13-26-56(51)64(61,62)57-32-31-45(37-52(57)59)60(53-23-11-8-18-47(53)40-15-4-3-5-16-40)44-29-27-41(28-30-44)46-17-6-7-19-48(46)49-21-14-25-55-58(49)50-20-9-12-24-54(50)63-55/h3-32,37-39,42-43H,33-36H2,1-2H3/t38?,39?,42-,43-,59?. The van der Waals surface area contributed by atoms with Crippen molar-refractivity contribution in [2.24, 2.45) is 23.7 Å². The first-order valence-corrected chi connectivity index (χ1v) is 25.1. The van der Waals surface area contributed by atoms with Gasteiger partial charge in [0.25, 0.3) is 0 Å². The van der Waals surface area contributed by atoms with E-state index in [1.54, 1.807) is 0 Å². The maximum Gasteiger partial charge on any atom is 0.207 e. The van der Waals surface area contributed by atoms with E-state index in [2.05, 4.69) is 189 Å². The van der Waals surface area contributed by atoms with Crippen LogP contribution in [0.15, 0.2) is 198 Å². The highest BCUT2D eigenvalue weighted by atomic mass is 32.2. The number of rotatable bonds is 6. The van der Waals surface area contributed by atoms with Crippen molar-refractivity contribution in [3.8, 4) is 33.4 Å². The Bertz CT molecular complexity index is 3340. The van der Waals surface area contributed by atoms with Gasteiger partial charge in [0.15, 0.2) is 0 Å². The topological polar surface area (TPSA) is 37.4 Å². The Balaban J connectivity index is 1.05. The summed E-state index contributed by atoms with van der Waals surface area (Å²) < 4.78 is 32.3. The highest BCUT2D eigenvalue weighted by Gasteiger charge is 2.59. The van der Waals surface area contributed by atoms with E-state index in [1.165, 1.54) is 36.9 Å². The maximum atomic E-state index is 14.8. The summed E-state index contributed by atoms with van der Waals surface area (Å²) in [6.07, 6.45) is 4.39. The van der Waals surface area contributed by atoms with Crippen LogP contribution in [0.25, 0.3) is 53.6 Å². The average Bonchev–Trinajstić information content (AvgIpc) is 3.71. The Morgan fingerprint density at radius 1 is 0.484 bits per heavy atom. The number of fused-ring (bicyclic) bond motifs is 5. The number of sulfone groups is 1. The van der Waals surface area contributed by atoms with Crippen molar-refractivity contribution in [2.75, 3.05) is 4.90 Å². The number of nitrogens with zero attached hydrogens (tertiary/aromatic N) is 1. The summed E-state index contributed by atoms with van der Waals surface area (Å²) in [5.41, 5.74) is 11.6. The fourth-order valence-corrected chi connectivity index (χ4v) is 15.4. The van der Waals surface area contributed by atoms with Gasteiger partial charge in [0.05, 0.1) is 15.5 Å². The average molecular weight is 868 g/mol. The monoisotopic (exact) mass is 867 g/mol. The summed E-state index contributed by atoms with van der Waals surface area (Å²) in [6, 6.07) is 66.7. The molecule has 1 aromatic heterocycles. The molecule has 8 aromatic carbocycles. The molecule has 0 atom stereocenters. The van der Waals surface area contributed by atoms with Gasteiger partial charge in [-0.25, -0.2) is 8.42 Å². The van der Waals surface area contributed by atoms with E-state index in [1.807, 2.05) is 29.5 Å². The summed E-state index contributed by atoms with van der Waals surface area (Å²) in [7, 11) is -3.76. The lowest BCUT2D eigenvalue weighted by molar-refractivity contribution is 0.0231. The summed E-state index contributed by atoms with van der Waals surface area (Å²) in [5.74, 6) is 1.89. The molecule has 0 saturated heterocycles. The van der Waals surface area contributed by atoms with Crippen molar-refractivity contribution < 1.29 is 8.42 Å². The molecule has 0 radical (unpaired) electrons. The van der Waals surface area contributed by atoms with Crippen molar-refractivity contribution in [3.05, 3.63) is 199 Å². The summed E-state index contributed by atoms with van der Waals surface area (Å²) in [5, 5.41) is 2.59. The van der Waals surface area contributed by atoms with E-state index in [4.69, 9.17) is 0 Å². The van der Waals surface area contributed by atoms with Gasteiger partial charge in [-0.3, -0.25) is 0 Å². The van der Waals surface area contributed by atoms with E-state index < -0.39 is 9.84 Å². The zero-order valence-corrected chi connectivity index (χ0v) is 37.7. The SMILES string of the molecule is CC1C[C@H]2CC(C)C[C@H](C1)C21c2ccccc2S(=O)(=O)c2ccc(N(c3ccc(-c4ccccc4-c4cccc5sc6ccccc6c45)cc3)c3ccccc3-c3ccccc3)cc21. The third kappa shape index (κ3) is 6.00. The van der Waals surface area contributed by atoms with Crippen molar-refractivity contribution in [1.82, 2.24) is 0 Å².